The van der Waals surface area contributed by atoms with Crippen molar-refractivity contribution in [2.45, 2.75) is 38.0 Å². The van der Waals surface area contributed by atoms with Crippen LogP contribution in [0.1, 0.15) is 51.5 Å². The smallest absolute Gasteiger partial charge is 0.255 e. The molecule has 7 nitrogen and oxygen atoms in total. The summed E-state index contributed by atoms with van der Waals surface area (Å²) in [6, 6.07) is 27.5. The molecular formula is C33H34N4O3. The van der Waals surface area contributed by atoms with Crippen LogP contribution in [0.2, 0.25) is 0 Å². The number of hydrogen-bond donors (Lipinski definition) is 1. The van der Waals surface area contributed by atoms with Gasteiger partial charge in [-0.3, -0.25) is 29.5 Å². The Labute approximate surface area is 234 Å². The van der Waals surface area contributed by atoms with Gasteiger partial charge in [0.05, 0.1) is 6.04 Å². The van der Waals surface area contributed by atoms with E-state index in [1.807, 2.05) is 6.07 Å². The van der Waals surface area contributed by atoms with E-state index in [0.717, 1.165) is 38.3 Å². The average Bonchev–Trinajstić information content (AvgIpc) is 3.61. The number of carbonyl (C=O) groups is 3. The van der Waals surface area contributed by atoms with Gasteiger partial charge < -0.3 is 4.90 Å². The lowest BCUT2D eigenvalue weighted by atomic mass is 9.97. The third-order valence-corrected chi connectivity index (χ3v) is 9.18. The van der Waals surface area contributed by atoms with E-state index >= 15 is 0 Å². The molecule has 3 aromatic rings. The molecule has 204 valence electrons. The fraction of sp³-hybridized carbons (Fsp3) is 0.364. The fourth-order valence-corrected chi connectivity index (χ4v) is 7.34. The van der Waals surface area contributed by atoms with Crippen LogP contribution in [0.5, 0.6) is 0 Å². The Kier molecular flexibility index (Phi) is 6.48. The first-order valence-corrected chi connectivity index (χ1v) is 14.4. The molecule has 7 heteroatoms. The van der Waals surface area contributed by atoms with Crippen molar-refractivity contribution in [1.82, 2.24) is 20.0 Å². The molecule has 3 unspecified atom stereocenters. The van der Waals surface area contributed by atoms with Gasteiger partial charge in [-0.1, -0.05) is 72.8 Å². The summed E-state index contributed by atoms with van der Waals surface area (Å²) in [5, 5.41) is 2.38. The zero-order chi connectivity index (χ0) is 27.2. The second-order valence-electron chi connectivity index (χ2n) is 11.8. The van der Waals surface area contributed by atoms with Gasteiger partial charge >= 0.3 is 0 Å². The van der Waals surface area contributed by atoms with Gasteiger partial charge in [-0.15, -0.1) is 0 Å². The van der Waals surface area contributed by atoms with Crippen molar-refractivity contribution >= 4 is 17.7 Å². The summed E-state index contributed by atoms with van der Waals surface area (Å²) >= 11 is 0. The molecule has 0 aliphatic carbocycles. The maximum Gasteiger partial charge on any atom is 0.255 e. The first-order valence-electron chi connectivity index (χ1n) is 14.4. The molecule has 40 heavy (non-hydrogen) atoms. The molecule has 4 aliphatic heterocycles. The van der Waals surface area contributed by atoms with Crippen molar-refractivity contribution in [3.8, 4) is 0 Å². The van der Waals surface area contributed by atoms with Crippen molar-refractivity contribution in [2.75, 3.05) is 26.2 Å². The standard InChI is InChI=1S/C33H34N4O3/c38-30-14-13-29(32(39)34-30)37-21-25-15-22(11-12-28(25)33(37)40)16-35-17-26-19-36(20-27(26)18-35)31(23-7-3-1-4-8-23)24-9-5-2-6-10-24/h1-12,15,26-27,29,31H,13-14,16-21H2,(H,34,38,39). The highest BCUT2D eigenvalue weighted by Crippen LogP contribution is 2.39. The van der Waals surface area contributed by atoms with Crippen LogP contribution in [0.25, 0.3) is 0 Å². The molecule has 1 N–H and O–H groups in total. The number of piperidine rings is 1. The largest absolute Gasteiger partial charge is 0.322 e. The molecule has 4 aliphatic rings. The minimum absolute atomic E-state index is 0.113. The predicted octanol–water partition coefficient (Wildman–Crippen LogP) is 3.60. The Hall–Kier alpha value is -3.81. The number of fused-ring (bicyclic) bond motifs is 2. The van der Waals surface area contributed by atoms with Gasteiger partial charge in [-0.25, -0.2) is 0 Å². The van der Waals surface area contributed by atoms with Gasteiger partial charge in [-0.05, 0) is 46.6 Å². The van der Waals surface area contributed by atoms with E-state index in [4.69, 9.17) is 0 Å². The third-order valence-electron chi connectivity index (χ3n) is 9.18. The van der Waals surface area contributed by atoms with Gasteiger partial charge in [0.25, 0.3) is 5.91 Å². The Morgan fingerprint density at radius 3 is 2.08 bits per heavy atom. The van der Waals surface area contributed by atoms with Crippen molar-refractivity contribution in [3.05, 3.63) is 107 Å². The zero-order valence-electron chi connectivity index (χ0n) is 22.5. The summed E-state index contributed by atoms with van der Waals surface area (Å²) in [4.78, 5) is 43.8. The summed E-state index contributed by atoms with van der Waals surface area (Å²) in [5.41, 5.74) is 5.57. The number of rotatable bonds is 6. The molecule has 4 heterocycles. The van der Waals surface area contributed by atoms with Crippen LogP contribution in [0.4, 0.5) is 0 Å². The molecule has 0 saturated carbocycles. The molecule has 3 fully saturated rings. The molecule has 0 aromatic heterocycles. The van der Waals surface area contributed by atoms with E-state index in [9.17, 15) is 14.4 Å². The van der Waals surface area contributed by atoms with Crippen LogP contribution >= 0.6 is 0 Å². The van der Waals surface area contributed by atoms with Crippen molar-refractivity contribution in [2.24, 2.45) is 11.8 Å². The predicted molar refractivity (Wildman–Crippen MR) is 151 cm³/mol. The molecule has 3 amide bonds. The van der Waals surface area contributed by atoms with Crippen LogP contribution in [0, 0.1) is 11.8 Å². The van der Waals surface area contributed by atoms with Gasteiger partial charge in [0, 0.05) is 51.3 Å². The highest BCUT2D eigenvalue weighted by Gasteiger charge is 2.43. The zero-order valence-corrected chi connectivity index (χ0v) is 22.5. The third kappa shape index (κ3) is 4.63. The maximum atomic E-state index is 13.0. The lowest BCUT2D eigenvalue weighted by molar-refractivity contribution is -0.136. The van der Waals surface area contributed by atoms with Crippen LogP contribution in [0.15, 0.2) is 78.9 Å². The minimum atomic E-state index is -0.572. The monoisotopic (exact) mass is 534 g/mol. The van der Waals surface area contributed by atoms with Crippen LogP contribution in [0.3, 0.4) is 0 Å². The molecular weight excluding hydrogens is 500 g/mol. The normalized spacial score (nSPS) is 25.0. The van der Waals surface area contributed by atoms with Crippen LogP contribution < -0.4 is 5.32 Å². The first kappa shape index (κ1) is 25.2. The topological polar surface area (TPSA) is 73.0 Å². The van der Waals surface area contributed by atoms with E-state index in [1.54, 1.807) is 4.90 Å². The number of imide groups is 1. The van der Waals surface area contributed by atoms with Gasteiger partial charge in [0.15, 0.2) is 0 Å². The van der Waals surface area contributed by atoms with E-state index in [-0.39, 0.29) is 30.2 Å². The molecule has 7 rings (SSSR count). The molecule has 3 aromatic carbocycles. The summed E-state index contributed by atoms with van der Waals surface area (Å²) < 4.78 is 0. The van der Waals surface area contributed by atoms with E-state index in [2.05, 4.69) is 87.9 Å². The van der Waals surface area contributed by atoms with Crippen LogP contribution in [-0.2, 0) is 22.7 Å². The highest BCUT2D eigenvalue weighted by molar-refractivity contribution is 6.05. The Morgan fingerprint density at radius 2 is 1.45 bits per heavy atom. The number of benzene rings is 3. The lowest BCUT2D eigenvalue weighted by Gasteiger charge is -2.30. The van der Waals surface area contributed by atoms with Crippen molar-refractivity contribution < 1.29 is 14.4 Å². The van der Waals surface area contributed by atoms with Gasteiger partial charge in [0.1, 0.15) is 6.04 Å². The SMILES string of the molecule is O=C1CCC(N2Cc3cc(CN4CC5CN(C(c6ccccc6)c6ccccc6)CC5C4)ccc3C2=O)C(=O)N1. The first-order chi connectivity index (χ1) is 19.5. The second kappa shape index (κ2) is 10.3. The minimum Gasteiger partial charge on any atom is -0.322 e. The van der Waals surface area contributed by atoms with E-state index in [1.165, 1.54) is 16.7 Å². The summed E-state index contributed by atoms with van der Waals surface area (Å²) in [6.45, 7) is 5.64. The fourth-order valence-electron chi connectivity index (χ4n) is 7.34. The molecule has 0 bridgehead atoms. The maximum absolute atomic E-state index is 13.0. The van der Waals surface area contributed by atoms with E-state index in [0.29, 0.717) is 30.4 Å². The Bertz CT molecular complexity index is 1390. The quantitative estimate of drug-likeness (QED) is 0.490. The number of nitrogens with one attached hydrogen (secondary N) is 1. The molecule has 0 spiro atoms. The Morgan fingerprint density at radius 1 is 0.800 bits per heavy atom. The number of nitrogens with zero attached hydrogens (tertiary/aromatic N) is 3. The average molecular weight is 535 g/mol. The Balaban J connectivity index is 1.01. The molecule has 3 saturated heterocycles. The summed E-state index contributed by atoms with van der Waals surface area (Å²) in [7, 11) is 0. The second-order valence-corrected chi connectivity index (χ2v) is 11.8. The lowest BCUT2D eigenvalue weighted by Crippen LogP contribution is -2.52. The van der Waals surface area contributed by atoms with Crippen LogP contribution in [-0.4, -0.2) is 64.6 Å². The van der Waals surface area contributed by atoms with E-state index < -0.39 is 6.04 Å². The van der Waals surface area contributed by atoms with Crippen molar-refractivity contribution in [1.29, 1.82) is 0 Å². The highest BCUT2D eigenvalue weighted by atomic mass is 16.2. The molecule has 0 radical (unpaired) electrons. The summed E-state index contributed by atoms with van der Waals surface area (Å²) in [6.07, 6.45) is 0.661. The number of amides is 3. The number of carbonyl (C=O) groups excluding carboxylic acids is 3. The number of likely N-dealkylation sites (tertiary alicyclic amines) is 2. The van der Waals surface area contributed by atoms with Crippen molar-refractivity contribution in [3.63, 3.8) is 0 Å². The summed E-state index contributed by atoms with van der Waals surface area (Å²) in [5.74, 6) is 0.556. The van der Waals surface area contributed by atoms with Gasteiger partial charge in [0.2, 0.25) is 11.8 Å². The molecule has 3 atom stereocenters. The van der Waals surface area contributed by atoms with Gasteiger partial charge in [-0.2, -0.15) is 0 Å². The number of hydrogen-bond acceptors (Lipinski definition) is 5.